The zero-order valence-electron chi connectivity index (χ0n) is 18.9. The minimum absolute atomic E-state index is 0.0241. The maximum absolute atomic E-state index is 12.6. The number of hydrazone groups is 1. The molecule has 0 saturated carbocycles. The number of rotatable bonds is 4. The number of hydrogen-bond acceptors (Lipinski definition) is 5. The normalized spacial score (nSPS) is 20.1. The van der Waals surface area contributed by atoms with Crippen molar-refractivity contribution in [3.05, 3.63) is 136 Å². The van der Waals surface area contributed by atoms with Gasteiger partial charge in [0.05, 0.1) is 10.4 Å². The van der Waals surface area contributed by atoms with E-state index >= 15 is 0 Å². The molecule has 0 saturated heterocycles. The van der Waals surface area contributed by atoms with Crippen LogP contribution in [0.4, 0.5) is 5.69 Å². The van der Waals surface area contributed by atoms with Gasteiger partial charge in [-0.15, -0.1) is 0 Å². The second kappa shape index (κ2) is 8.70. The van der Waals surface area contributed by atoms with E-state index in [9.17, 15) is 4.79 Å². The van der Waals surface area contributed by atoms with E-state index in [-0.39, 0.29) is 5.78 Å². The zero-order chi connectivity index (χ0) is 24.0. The molecule has 2 aliphatic heterocycles. The second-order valence-corrected chi connectivity index (χ2v) is 12.3. The molecule has 3 nitrogen and oxygen atoms in total. The fourth-order valence-corrected chi connectivity index (χ4v) is 8.68. The third-order valence-electron chi connectivity index (χ3n) is 6.38. The number of thioether (sulfide) groups is 2. The van der Waals surface area contributed by atoms with Gasteiger partial charge < -0.3 is 0 Å². The number of fused-ring (bicyclic) bond motifs is 2. The zero-order valence-corrected chi connectivity index (χ0v) is 22.1. The van der Waals surface area contributed by atoms with Gasteiger partial charge in [0.1, 0.15) is 0 Å². The fourth-order valence-electron chi connectivity index (χ4n) is 4.86. The molecule has 0 fully saturated rings. The summed E-state index contributed by atoms with van der Waals surface area (Å²) < 4.78 is -0.112. The van der Waals surface area contributed by atoms with Crippen LogP contribution in [0.1, 0.15) is 29.2 Å². The van der Waals surface area contributed by atoms with Gasteiger partial charge in [-0.25, -0.2) is 5.01 Å². The number of hydrogen-bond donors (Lipinski definition) is 0. The lowest BCUT2D eigenvalue weighted by atomic mass is 9.82. The Kier molecular flexibility index (Phi) is 5.63. The van der Waals surface area contributed by atoms with Gasteiger partial charge in [0.2, 0.25) is 0 Å². The summed E-state index contributed by atoms with van der Waals surface area (Å²) in [4.78, 5) is 12.6. The number of benzene rings is 4. The molecule has 0 bridgehead atoms. The van der Waals surface area contributed by atoms with Gasteiger partial charge in [0.15, 0.2) is 15.0 Å². The molecule has 0 aliphatic carbocycles. The summed E-state index contributed by atoms with van der Waals surface area (Å²) in [6.45, 7) is 1.60. The van der Waals surface area contributed by atoms with E-state index in [1.165, 1.54) is 16.7 Å². The first-order valence-electron chi connectivity index (χ1n) is 11.3. The van der Waals surface area contributed by atoms with Crippen molar-refractivity contribution >= 4 is 56.0 Å². The highest BCUT2D eigenvalue weighted by atomic mass is 79.9. The molecule has 172 valence electrons. The van der Waals surface area contributed by atoms with Crippen LogP contribution in [0.2, 0.25) is 0 Å². The molecule has 0 N–H and O–H groups in total. The molecule has 2 heterocycles. The van der Waals surface area contributed by atoms with E-state index in [2.05, 4.69) is 101 Å². The first-order valence-corrected chi connectivity index (χ1v) is 13.7. The van der Waals surface area contributed by atoms with E-state index < -0.39 is 8.95 Å². The van der Waals surface area contributed by atoms with Crippen molar-refractivity contribution in [1.82, 2.24) is 0 Å². The van der Waals surface area contributed by atoms with Crippen LogP contribution in [-0.2, 0) is 13.7 Å². The highest BCUT2D eigenvalue weighted by Gasteiger charge is 2.61. The molecule has 6 rings (SSSR count). The quantitative estimate of drug-likeness (QED) is 0.257. The maximum atomic E-state index is 12.6. The van der Waals surface area contributed by atoms with Crippen LogP contribution in [0.3, 0.4) is 0 Å². The third kappa shape index (κ3) is 3.50. The van der Waals surface area contributed by atoms with Gasteiger partial charge in [0.25, 0.3) is 0 Å². The van der Waals surface area contributed by atoms with Gasteiger partial charge in [-0.3, -0.25) is 4.79 Å². The van der Waals surface area contributed by atoms with E-state index in [0.29, 0.717) is 5.04 Å². The largest absolute Gasteiger partial charge is 0.292 e. The lowest BCUT2D eigenvalue weighted by Gasteiger charge is -2.37. The minimum atomic E-state index is -0.642. The molecule has 1 spiro atoms. The topological polar surface area (TPSA) is 32.7 Å². The first-order chi connectivity index (χ1) is 17.0. The van der Waals surface area contributed by atoms with Crippen LogP contribution in [0, 0.1) is 0 Å². The van der Waals surface area contributed by atoms with E-state index in [0.717, 1.165) is 15.7 Å². The molecule has 0 radical (unpaired) electrons. The van der Waals surface area contributed by atoms with Crippen molar-refractivity contribution in [3.8, 4) is 0 Å². The smallest absolute Gasteiger partial charge is 0.187 e. The lowest BCUT2D eigenvalue weighted by molar-refractivity contribution is -0.110. The van der Waals surface area contributed by atoms with Crippen molar-refractivity contribution in [2.75, 3.05) is 5.01 Å². The molecule has 4 aromatic carbocycles. The minimum Gasteiger partial charge on any atom is -0.292 e. The third-order valence-corrected chi connectivity index (χ3v) is 10.3. The van der Waals surface area contributed by atoms with Gasteiger partial charge in [0, 0.05) is 17.0 Å². The Hall–Kier alpha value is -2.80. The summed E-state index contributed by atoms with van der Waals surface area (Å²) in [7, 11) is 0. The van der Waals surface area contributed by atoms with Gasteiger partial charge in [-0.1, -0.05) is 124 Å². The maximum Gasteiger partial charge on any atom is 0.187 e. The molecule has 0 aromatic heterocycles. The number of carbonyl (C=O) groups is 1. The lowest BCUT2D eigenvalue weighted by Crippen LogP contribution is -2.34. The molecular formula is C29H21BrN2OS2. The molecule has 0 unspecified atom stereocenters. The SMILES string of the molecule is CC(=O)C1=NN(c2ccc(Br)cc2)[C@@]2(S1)SC(c1ccccc1)(c1ccccc1)c1ccccc12. The molecule has 1 atom stereocenters. The van der Waals surface area contributed by atoms with Crippen LogP contribution in [0.15, 0.2) is 119 Å². The Bertz CT molecular complexity index is 1400. The molecule has 6 heteroatoms. The Morgan fingerprint density at radius 1 is 0.771 bits per heavy atom. The molecule has 35 heavy (non-hydrogen) atoms. The summed E-state index contributed by atoms with van der Waals surface area (Å²) in [6.07, 6.45) is 0. The summed E-state index contributed by atoms with van der Waals surface area (Å²) in [5, 5.41) is 7.46. The summed E-state index contributed by atoms with van der Waals surface area (Å²) >= 11 is 6.94. The van der Waals surface area contributed by atoms with Gasteiger partial charge in [-0.05, 0) is 41.0 Å². The predicted molar refractivity (Wildman–Crippen MR) is 151 cm³/mol. The fraction of sp³-hybridized carbons (Fsp3) is 0.103. The van der Waals surface area contributed by atoms with Crippen LogP contribution >= 0.6 is 39.5 Å². The average molecular weight is 558 g/mol. The van der Waals surface area contributed by atoms with E-state index in [1.807, 2.05) is 41.0 Å². The first kappa shape index (κ1) is 22.7. The summed E-state index contributed by atoms with van der Waals surface area (Å²) in [5.41, 5.74) is 5.72. The van der Waals surface area contributed by atoms with Crippen molar-refractivity contribution in [2.45, 2.75) is 15.9 Å². The average Bonchev–Trinajstić information content (AvgIpc) is 3.43. The predicted octanol–water partition coefficient (Wildman–Crippen LogP) is 7.75. The number of Topliss-reactive ketones (excluding diaryl/α,β-unsaturated/α-hetero) is 1. The molecular weight excluding hydrogens is 536 g/mol. The molecule has 0 amide bonds. The molecule has 4 aromatic rings. The summed E-state index contributed by atoms with van der Waals surface area (Å²) in [5.74, 6) is -0.0241. The summed E-state index contributed by atoms with van der Waals surface area (Å²) in [6, 6.07) is 38.0. The van der Waals surface area contributed by atoms with Gasteiger partial charge in [-0.2, -0.15) is 5.10 Å². The Morgan fingerprint density at radius 2 is 1.31 bits per heavy atom. The number of nitrogens with zero attached hydrogens (tertiary/aromatic N) is 2. The van der Waals surface area contributed by atoms with Crippen LogP contribution < -0.4 is 5.01 Å². The number of carbonyl (C=O) groups excluding carboxylic acids is 1. The standard InChI is InChI=1S/C29H21BrN2OS2/c1-20(33)27-31-32(24-18-16-23(30)17-19-24)29(34-27)26-15-9-8-14-25(26)28(35-29,21-10-4-2-5-11-21)22-12-6-3-7-13-22/h2-19H,1H3/t29-/m0/s1. The van der Waals surface area contributed by atoms with Crippen LogP contribution in [-0.4, -0.2) is 10.8 Å². The number of halogens is 1. The van der Waals surface area contributed by atoms with Crippen molar-refractivity contribution in [1.29, 1.82) is 0 Å². The monoisotopic (exact) mass is 556 g/mol. The Balaban J connectivity index is 1.64. The van der Waals surface area contributed by atoms with Gasteiger partial charge >= 0.3 is 0 Å². The van der Waals surface area contributed by atoms with E-state index in [1.54, 1.807) is 18.7 Å². The number of anilines is 1. The highest BCUT2D eigenvalue weighted by molar-refractivity contribution is 9.10. The second-order valence-electron chi connectivity index (χ2n) is 8.49. The Morgan fingerprint density at radius 3 is 1.89 bits per heavy atom. The Labute approximate surface area is 221 Å². The molecule has 2 aliphatic rings. The van der Waals surface area contributed by atoms with Crippen LogP contribution in [0.25, 0.3) is 0 Å². The number of ketones is 1. The van der Waals surface area contributed by atoms with Crippen LogP contribution in [0.5, 0.6) is 0 Å². The van der Waals surface area contributed by atoms with Crippen molar-refractivity contribution in [2.24, 2.45) is 5.10 Å². The van der Waals surface area contributed by atoms with E-state index in [4.69, 9.17) is 5.10 Å². The van der Waals surface area contributed by atoms with Crippen molar-refractivity contribution in [3.63, 3.8) is 0 Å². The van der Waals surface area contributed by atoms with Crippen molar-refractivity contribution < 1.29 is 4.79 Å². The highest BCUT2D eigenvalue weighted by Crippen LogP contribution is 2.70.